The predicted molar refractivity (Wildman–Crippen MR) is 70.6 cm³/mol. The van der Waals surface area contributed by atoms with E-state index >= 15 is 0 Å². The van der Waals surface area contributed by atoms with Gasteiger partial charge in [-0.15, -0.1) is 0 Å². The normalized spacial score (nSPS) is 26.9. The van der Waals surface area contributed by atoms with Crippen molar-refractivity contribution in [1.82, 2.24) is 15.2 Å². The number of hydrogen-bond donors (Lipinski definition) is 3. The lowest BCUT2D eigenvalue weighted by Crippen LogP contribution is -2.55. The van der Waals surface area contributed by atoms with Gasteiger partial charge in [-0.05, 0) is 26.4 Å². The fourth-order valence-corrected chi connectivity index (χ4v) is 2.78. The first-order valence-corrected chi connectivity index (χ1v) is 6.45. The van der Waals surface area contributed by atoms with Crippen LogP contribution in [-0.4, -0.2) is 66.2 Å². The quantitative estimate of drug-likeness (QED) is 0.335. The number of carbonyl (C=O) groups is 1. The van der Waals surface area contributed by atoms with Crippen LogP contribution in [0, 0.1) is 5.92 Å². The van der Waals surface area contributed by atoms with Crippen LogP contribution in [0.3, 0.4) is 0 Å². The monoisotopic (exact) mass is 258 g/mol. The molecule has 0 aromatic rings. The minimum atomic E-state index is -0.359. The number of amides is 1. The topological polar surface area (TPSA) is 81.8 Å². The number of likely N-dealkylation sites (N-methyl/N-ethyl adjacent to an activating group) is 1. The molecule has 0 radical (unpaired) electrons. The summed E-state index contributed by atoms with van der Waals surface area (Å²) in [7, 11) is 3.99. The summed E-state index contributed by atoms with van der Waals surface area (Å²) in [5.41, 5.74) is 2.24. The molecule has 3 unspecified atom stereocenters. The summed E-state index contributed by atoms with van der Waals surface area (Å²) in [5, 5.41) is 9.84. The number of nitrogens with two attached hydrogens (primary N) is 1. The van der Waals surface area contributed by atoms with E-state index in [4.69, 9.17) is 5.84 Å². The molecule has 6 nitrogen and oxygen atoms in total. The van der Waals surface area contributed by atoms with Gasteiger partial charge in [-0.25, -0.2) is 5.84 Å². The molecular formula is C12H26N4O2. The molecule has 0 bridgehead atoms. The molecule has 3 atom stereocenters. The standard InChI is InChI=1S/C12H26N4O2/c1-8(2)11(12(18)14-13)16-7-10(17)5-9(16)6-15(3)4/h8-11,17H,5-7,13H2,1-4H3,(H,14,18). The van der Waals surface area contributed by atoms with Crippen LogP contribution in [0.25, 0.3) is 0 Å². The zero-order chi connectivity index (χ0) is 13.9. The molecule has 0 saturated carbocycles. The third-order valence-corrected chi connectivity index (χ3v) is 3.41. The maximum Gasteiger partial charge on any atom is 0.251 e. The Morgan fingerprint density at radius 3 is 2.61 bits per heavy atom. The van der Waals surface area contributed by atoms with Crippen molar-refractivity contribution in [3.63, 3.8) is 0 Å². The molecule has 0 aromatic heterocycles. The van der Waals surface area contributed by atoms with Gasteiger partial charge in [-0.3, -0.25) is 15.1 Å². The van der Waals surface area contributed by atoms with Gasteiger partial charge in [-0.2, -0.15) is 0 Å². The number of hydrazine groups is 1. The highest BCUT2D eigenvalue weighted by Crippen LogP contribution is 2.24. The Labute approximate surface area is 109 Å². The molecule has 18 heavy (non-hydrogen) atoms. The minimum Gasteiger partial charge on any atom is -0.392 e. The van der Waals surface area contributed by atoms with E-state index in [1.165, 1.54) is 0 Å². The Morgan fingerprint density at radius 1 is 1.56 bits per heavy atom. The van der Waals surface area contributed by atoms with Gasteiger partial charge in [0.2, 0.25) is 0 Å². The lowest BCUT2D eigenvalue weighted by atomic mass is 10.0. The number of aliphatic hydroxyl groups is 1. The third-order valence-electron chi connectivity index (χ3n) is 3.41. The molecule has 1 saturated heterocycles. The Hall–Kier alpha value is -0.690. The molecule has 1 amide bonds. The first-order valence-electron chi connectivity index (χ1n) is 6.45. The number of nitrogens with one attached hydrogen (secondary N) is 1. The second-order valence-corrected chi connectivity index (χ2v) is 5.70. The summed E-state index contributed by atoms with van der Waals surface area (Å²) in [6.45, 7) is 5.36. The van der Waals surface area contributed by atoms with Crippen LogP contribution in [0.15, 0.2) is 0 Å². The summed E-state index contributed by atoms with van der Waals surface area (Å²) < 4.78 is 0. The van der Waals surface area contributed by atoms with E-state index in [0.717, 1.165) is 6.54 Å². The fourth-order valence-electron chi connectivity index (χ4n) is 2.78. The van der Waals surface area contributed by atoms with Gasteiger partial charge in [0, 0.05) is 19.1 Å². The summed E-state index contributed by atoms with van der Waals surface area (Å²) in [5.74, 6) is 5.24. The number of carbonyl (C=O) groups excluding carboxylic acids is 1. The van der Waals surface area contributed by atoms with Crippen molar-refractivity contribution in [3.8, 4) is 0 Å². The van der Waals surface area contributed by atoms with Gasteiger partial charge in [0.15, 0.2) is 0 Å². The number of rotatable bonds is 5. The minimum absolute atomic E-state index is 0.156. The van der Waals surface area contributed by atoms with Crippen molar-refractivity contribution in [2.24, 2.45) is 11.8 Å². The van der Waals surface area contributed by atoms with E-state index in [1.807, 2.05) is 27.9 Å². The molecular weight excluding hydrogens is 232 g/mol. The summed E-state index contributed by atoms with van der Waals surface area (Å²) >= 11 is 0. The summed E-state index contributed by atoms with van der Waals surface area (Å²) in [6, 6.07) is -0.0863. The van der Waals surface area contributed by atoms with Gasteiger partial charge < -0.3 is 10.0 Å². The van der Waals surface area contributed by atoms with Gasteiger partial charge in [0.05, 0.1) is 12.1 Å². The molecule has 0 aliphatic carbocycles. The largest absolute Gasteiger partial charge is 0.392 e. The van der Waals surface area contributed by atoms with Crippen LogP contribution in [0.5, 0.6) is 0 Å². The maximum absolute atomic E-state index is 11.9. The molecule has 4 N–H and O–H groups in total. The van der Waals surface area contributed by atoms with Crippen molar-refractivity contribution in [2.45, 2.75) is 38.5 Å². The first kappa shape index (κ1) is 15.4. The number of β-amino-alcohol motifs (C(OH)–C–C–N with tert-alkyl or cyclic N) is 1. The second kappa shape index (κ2) is 6.47. The molecule has 0 aromatic carbocycles. The van der Waals surface area contributed by atoms with E-state index in [1.54, 1.807) is 0 Å². The van der Waals surface area contributed by atoms with E-state index in [-0.39, 0.29) is 30.0 Å². The molecule has 1 fully saturated rings. The maximum atomic E-state index is 11.9. The van der Waals surface area contributed by atoms with E-state index in [0.29, 0.717) is 13.0 Å². The summed E-state index contributed by atoms with van der Waals surface area (Å²) in [6.07, 6.45) is 0.348. The summed E-state index contributed by atoms with van der Waals surface area (Å²) in [4.78, 5) is 16.1. The third kappa shape index (κ3) is 3.65. The SMILES string of the molecule is CC(C)C(C(=O)NN)N1CC(O)CC1CN(C)C. The number of likely N-dealkylation sites (tertiary alicyclic amines) is 1. The van der Waals surface area contributed by atoms with Crippen molar-refractivity contribution in [2.75, 3.05) is 27.2 Å². The molecule has 1 rings (SSSR count). The van der Waals surface area contributed by atoms with Crippen LogP contribution >= 0.6 is 0 Å². The van der Waals surface area contributed by atoms with Gasteiger partial charge >= 0.3 is 0 Å². The Bertz CT molecular complexity index is 283. The lowest BCUT2D eigenvalue weighted by molar-refractivity contribution is -0.128. The van der Waals surface area contributed by atoms with Gasteiger partial charge in [0.25, 0.3) is 5.91 Å². The van der Waals surface area contributed by atoms with E-state index in [9.17, 15) is 9.90 Å². The van der Waals surface area contributed by atoms with Gasteiger partial charge in [-0.1, -0.05) is 13.8 Å². The van der Waals surface area contributed by atoms with Crippen LogP contribution in [0.1, 0.15) is 20.3 Å². The average molecular weight is 258 g/mol. The lowest BCUT2D eigenvalue weighted by Gasteiger charge is -2.35. The van der Waals surface area contributed by atoms with Crippen LogP contribution in [0.2, 0.25) is 0 Å². The van der Waals surface area contributed by atoms with Crippen molar-refractivity contribution < 1.29 is 9.90 Å². The Balaban J connectivity index is 2.84. The highest BCUT2D eigenvalue weighted by atomic mass is 16.3. The average Bonchev–Trinajstić information content (AvgIpc) is 2.58. The zero-order valence-corrected chi connectivity index (χ0v) is 11.8. The van der Waals surface area contributed by atoms with Crippen molar-refractivity contribution in [1.29, 1.82) is 0 Å². The highest BCUT2D eigenvalue weighted by molar-refractivity contribution is 5.81. The second-order valence-electron chi connectivity index (χ2n) is 5.70. The zero-order valence-electron chi connectivity index (χ0n) is 11.8. The smallest absolute Gasteiger partial charge is 0.251 e. The van der Waals surface area contributed by atoms with E-state index in [2.05, 4.69) is 15.2 Å². The molecule has 0 spiro atoms. The molecule has 1 aliphatic heterocycles. The van der Waals surface area contributed by atoms with Crippen molar-refractivity contribution in [3.05, 3.63) is 0 Å². The highest BCUT2D eigenvalue weighted by Gasteiger charge is 2.39. The Kier molecular flexibility index (Phi) is 5.52. The number of nitrogens with zero attached hydrogens (tertiary/aromatic N) is 2. The van der Waals surface area contributed by atoms with E-state index < -0.39 is 0 Å². The molecule has 1 aliphatic rings. The van der Waals surface area contributed by atoms with Crippen LogP contribution in [-0.2, 0) is 4.79 Å². The molecule has 6 heteroatoms. The predicted octanol–water partition coefficient (Wildman–Crippen LogP) is -1.00. The molecule has 1 heterocycles. The number of hydrogen-bond acceptors (Lipinski definition) is 5. The number of aliphatic hydroxyl groups excluding tert-OH is 1. The molecule has 106 valence electrons. The first-order chi connectivity index (χ1) is 8.36. The fraction of sp³-hybridized carbons (Fsp3) is 0.917. The Morgan fingerprint density at radius 2 is 2.17 bits per heavy atom. The van der Waals surface area contributed by atoms with Crippen LogP contribution < -0.4 is 11.3 Å². The van der Waals surface area contributed by atoms with Gasteiger partial charge in [0.1, 0.15) is 0 Å². The van der Waals surface area contributed by atoms with Crippen LogP contribution in [0.4, 0.5) is 0 Å². The van der Waals surface area contributed by atoms with Crippen molar-refractivity contribution >= 4 is 5.91 Å².